The van der Waals surface area contributed by atoms with Gasteiger partial charge in [0.1, 0.15) is 11.5 Å². The molecule has 0 unspecified atom stereocenters. The number of aliphatic imine (C=N–C) groups is 1. The van der Waals surface area contributed by atoms with E-state index in [0.29, 0.717) is 17.9 Å². The van der Waals surface area contributed by atoms with Crippen LogP contribution in [0.4, 0.5) is 5.69 Å². The van der Waals surface area contributed by atoms with Gasteiger partial charge in [-0.3, -0.25) is 4.99 Å². The van der Waals surface area contributed by atoms with Crippen LogP contribution in [0.3, 0.4) is 0 Å². The number of hydrogen-bond acceptors (Lipinski definition) is 3. The number of unbranched alkanes of at least 4 members (excludes halogenated alkanes) is 10. The van der Waals surface area contributed by atoms with Crippen LogP contribution in [-0.2, 0) is 6.42 Å². The summed E-state index contributed by atoms with van der Waals surface area (Å²) in [5.74, 6) is 0.907. The number of ether oxygens (including phenoxy) is 1. The molecule has 0 atom stereocenters. The van der Waals surface area contributed by atoms with Crippen molar-refractivity contribution in [2.24, 2.45) is 4.99 Å². The average Bonchev–Trinajstić information content (AvgIpc) is 2.83. The van der Waals surface area contributed by atoms with Crippen LogP contribution in [0.2, 0.25) is 0 Å². The van der Waals surface area contributed by atoms with Gasteiger partial charge >= 0.3 is 0 Å². The van der Waals surface area contributed by atoms with Crippen LogP contribution in [0.1, 0.15) is 95.1 Å². The summed E-state index contributed by atoms with van der Waals surface area (Å²) in [6.45, 7) is 6.69. The first-order chi connectivity index (χ1) is 16.2. The van der Waals surface area contributed by atoms with Gasteiger partial charge < -0.3 is 9.84 Å². The average molecular weight is 450 g/mol. The Hall–Kier alpha value is -2.55. The van der Waals surface area contributed by atoms with Crippen molar-refractivity contribution in [1.82, 2.24) is 0 Å². The van der Waals surface area contributed by atoms with Gasteiger partial charge in [-0.25, -0.2) is 0 Å². The summed E-state index contributed by atoms with van der Waals surface area (Å²) < 4.78 is 5.81. The van der Waals surface area contributed by atoms with E-state index in [1.54, 1.807) is 12.3 Å². The molecule has 0 heterocycles. The Labute approximate surface area is 201 Å². The standard InChI is InChI=1S/C30H43NO2/c1-3-5-7-9-10-11-12-13-15-23-33-29-22-19-27(30(32)24-29)25-31-28-20-17-26(18-21-28)16-14-8-6-4-2/h3,17-22,24-25,32H,1,4-16,23H2,2H3. The van der Waals surface area contributed by atoms with E-state index in [1.165, 1.54) is 69.8 Å². The van der Waals surface area contributed by atoms with E-state index < -0.39 is 0 Å². The van der Waals surface area contributed by atoms with Crippen LogP contribution in [-0.4, -0.2) is 17.9 Å². The highest BCUT2D eigenvalue weighted by Crippen LogP contribution is 2.24. The summed E-state index contributed by atoms with van der Waals surface area (Å²) in [6.07, 6.45) is 19.8. The molecule has 2 aromatic rings. The van der Waals surface area contributed by atoms with Crippen LogP contribution in [0.15, 0.2) is 60.1 Å². The van der Waals surface area contributed by atoms with Gasteiger partial charge in [0, 0.05) is 17.8 Å². The second-order valence-electron chi connectivity index (χ2n) is 8.86. The number of allylic oxidation sites excluding steroid dienone is 1. The summed E-state index contributed by atoms with van der Waals surface area (Å²) in [7, 11) is 0. The number of benzene rings is 2. The third-order valence-corrected chi connectivity index (χ3v) is 5.93. The highest BCUT2D eigenvalue weighted by molar-refractivity contribution is 5.85. The maximum Gasteiger partial charge on any atom is 0.128 e. The molecule has 0 spiro atoms. The number of phenolic OH excluding ortho intramolecular Hbond substituents is 1. The van der Waals surface area contributed by atoms with E-state index in [4.69, 9.17) is 4.74 Å². The van der Waals surface area contributed by atoms with Crippen molar-refractivity contribution in [2.75, 3.05) is 6.61 Å². The van der Waals surface area contributed by atoms with Crippen molar-refractivity contribution in [3.63, 3.8) is 0 Å². The number of phenols is 1. The highest BCUT2D eigenvalue weighted by Gasteiger charge is 2.02. The molecule has 0 bridgehead atoms. The molecule has 0 aliphatic carbocycles. The Morgan fingerprint density at radius 1 is 0.848 bits per heavy atom. The molecule has 0 aliphatic rings. The second kappa shape index (κ2) is 17.0. The third kappa shape index (κ3) is 11.8. The normalized spacial score (nSPS) is 11.2. The maximum atomic E-state index is 10.3. The van der Waals surface area contributed by atoms with Crippen LogP contribution in [0.5, 0.6) is 11.5 Å². The minimum Gasteiger partial charge on any atom is -0.507 e. The SMILES string of the molecule is C=CCCCCCCCCCOc1ccc(C=Nc2ccc(CCCCCC)cc2)c(O)c1. The number of nitrogens with zero attached hydrogens (tertiary/aromatic N) is 1. The molecular formula is C30H43NO2. The van der Waals surface area contributed by atoms with Crippen LogP contribution in [0, 0.1) is 0 Å². The largest absolute Gasteiger partial charge is 0.507 e. The number of rotatable bonds is 18. The van der Waals surface area contributed by atoms with E-state index in [2.05, 4.69) is 30.6 Å². The maximum absolute atomic E-state index is 10.3. The molecule has 2 aromatic carbocycles. The summed E-state index contributed by atoms with van der Waals surface area (Å²) >= 11 is 0. The Morgan fingerprint density at radius 3 is 2.24 bits per heavy atom. The molecule has 0 saturated heterocycles. The molecule has 0 aromatic heterocycles. The Morgan fingerprint density at radius 2 is 1.55 bits per heavy atom. The number of hydrogen-bond donors (Lipinski definition) is 1. The van der Waals surface area contributed by atoms with Gasteiger partial charge in [-0.05, 0) is 61.9 Å². The van der Waals surface area contributed by atoms with E-state index in [9.17, 15) is 5.11 Å². The summed E-state index contributed by atoms with van der Waals surface area (Å²) in [6, 6.07) is 13.8. The lowest BCUT2D eigenvalue weighted by molar-refractivity contribution is 0.302. The second-order valence-corrected chi connectivity index (χ2v) is 8.86. The third-order valence-electron chi connectivity index (χ3n) is 5.93. The zero-order valence-corrected chi connectivity index (χ0v) is 20.6. The van der Waals surface area contributed by atoms with Crippen molar-refractivity contribution in [2.45, 2.75) is 90.4 Å². The molecule has 2 rings (SSSR count). The zero-order valence-electron chi connectivity index (χ0n) is 20.6. The van der Waals surface area contributed by atoms with Gasteiger partial charge in [-0.1, -0.05) is 76.5 Å². The first kappa shape index (κ1) is 26.7. The Bertz CT molecular complexity index is 811. The Kier molecular flexibility index (Phi) is 13.8. The van der Waals surface area contributed by atoms with Crippen LogP contribution < -0.4 is 4.74 Å². The molecule has 3 nitrogen and oxygen atoms in total. The van der Waals surface area contributed by atoms with Gasteiger partial charge in [0.15, 0.2) is 0 Å². The molecule has 33 heavy (non-hydrogen) atoms. The van der Waals surface area contributed by atoms with E-state index in [0.717, 1.165) is 24.9 Å². The molecule has 3 heteroatoms. The molecule has 0 radical (unpaired) electrons. The first-order valence-electron chi connectivity index (χ1n) is 12.9. The molecule has 0 aliphatic heterocycles. The summed E-state index contributed by atoms with van der Waals surface area (Å²) in [5, 5.41) is 10.3. The van der Waals surface area contributed by atoms with E-state index >= 15 is 0 Å². The van der Waals surface area contributed by atoms with Crippen LogP contribution in [0.25, 0.3) is 0 Å². The molecule has 0 fully saturated rings. The quantitative estimate of drug-likeness (QED) is 0.140. The summed E-state index contributed by atoms with van der Waals surface area (Å²) in [5.41, 5.74) is 2.95. The lowest BCUT2D eigenvalue weighted by atomic mass is 10.1. The molecule has 180 valence electrons. The smallest absolute Gasteiger partial charge is 0.128 e. The zero-order chi connectivity index (χ0) is 23.6. The van der Waals surface area contributed by atoms with Crippen molar-refractivity contribution in [1.29, 1.82) is 0 Å². The lowest BCUT2D eigenvalue weighted by Gasteiger charge is -2.08. The number of aryl methyl sites for hydroxylation is 1. The lowest BCUT2D eigenvalue weighted by Crippen LogP contribution is -1.97. The summed E-state index contributed by atoms with van der Waals surface area (Å²) in [4.78, 5) is 4.51. The fourth-order valence-electron chi connectivity index (χ4n) is 3.84. The fraction of sp³-hybridized carbons (Fsp3) is 0.500. The monoisotopic (exact) mass is 449 g/mol. The molecule has 1 N–H and O–H groups in total. The van der Waals surface area contributed by atoms with Gasteiger partial charge in [0.25, 0.3) is 0 Å². The van der Waals surface area contributed by atoms with E-state index in [-0.39, 0.29) is 5.75 Å². The van der Waals surface area contributed by atoms with Crippen molar-refractivity contribution in [3.8, 4) is 11.5 Å². The predicted molar refractivity (Wildman–Crippen MR) is 142 cm³/mol. The minimum absolute atomic E-state index is 0.198. The number of aromatic hydroxyl groups is 1. The van der Waals surface area contributed by atoms with Gasteiger partial charge in [-0.2, -0.15) is 0 Å². The van der Waals surface area contributed by atoms with Gasteiger partial charge in [0.2, 0.25) is 0 Å². The minimum atomic E-state index is 0.198. The fourth-order valence-corrected chi connectivity index (χ4v) is 3.84. The Balaban J connectivity index is 1.68. The van der Waals surface area contributed by atoms with Crippen molar-refractivity contribution >= 4 is 11.9 Å². The van der Waals surface area contributed by atoms with Crippen molar-refractivity contribution < 1.29 is 9.84 Å². The molecular weight excluding hydrogens is 406 g/mol. The highest BCUT2D eigenvalue weighted by atomic mass is 16.5. The van der Waals surface area contributed by atoms with E-state index in [1.807, 2.05) is 30.3 Å². The van der Waals surface area contributed by atoms with Crippen LogP contribution >= 0.6 is 0 Å². The first-order valence-corrected chi connectivity index (χ1v) is 12.9. The molecule has 0 saturated carbocycles. The topological polar surface area (TPSA) is 41.8 Å². The van der Waals surface area contributed by atoms with Gasteiger partial charge in [0.05, 0.1) is 12.3 Å². The van der Waals surface area contributed by atoms with Crippen molar-refractivity contribution in [3.05, 3.63) is 66.2 Å². The van der Waals surface area contributed by atoms with Gasteiger partial charge in [-0.15, -0.1) is 6.58 Å². The molecule has 0 amide bonds. The predicted octanol–water partition coefficient (Wildman–Crippen LogP) is 8.95.